The predicted octanol–water partition coefficient (Wildman–Crippen LogP) is 1.85. The number of fused-ring (bicyclic) bond motifs is 1. The molecule has 0 unspecified atom stereocenters. The topological polar surface area (TPSA) is 47.1 Å². The number of likely N-dealkylation sites (N-methyl/N-ethyl adjacent to an activating group) is 1. The lowest BCUT2D eigenvalue weighted by atomic mass is 10.3. The molecule has 5 heteroatoms. The van der Waals surface area contributed by atoms with Crippen LogP contribution in [0, 0.1) is 5.82 Å². The Morgan fingerprint density at radius 1 is 1.50 bits per heavy atom. The van der Waals surface area contributed by atoms with Gasteiger partial charge in [0.15, 0.2) is 5.82 Å². The lowest BCUT2D eigenvalue weighted by molar-refractivity contribution is 0.311. The van der Waals surface area contributed by atoms with Crippen LogP contribution in [0.1, 0.15) is 12.8 Å². The smallest absolute Gasteiger partial charge is 0.201 e. The number of anilines is 1. The van der Waals surface area contributed by atoms with E-state index in [0.29, 0.717) is 11.5 Å². The minimum absolute atomic E-state index is 0.312. The monoisotopic (exact) mass is 248 g/mol. The second-order valence-electron chi connectivity index (χ2n) is 4.94. The number of rotatable bonds is 4. The van der Waals surface area contributed by atoms with E-state index in [9.17, 15) is 4.39 Å². The normalized spacial score (nSPS) is 15.7. The first kappa shape index (κ1) is 11.5. The van der Waals surface area contributed by atoms with Crippen LogP contribution in [-0.4, -0.2) is 34.1 Å². The number of benzene rings is 1. The molecule has 4 nitrogen and oxygen atoms in total. The predicted molar refractivity (Wildman–Crippen MR) is 69.8 cm³/mol. The second-order valence-corrected chi connectivity index (χ2v) is 4.94. The first-order valence-electron chi connectivity index (χ1n) is 6.27. The Morgan fingerprint density at radius 2 is 2.28 bits per heavy atom. The van der Waals surface area contributed by atoms with Crippen molar-refractivity contribution in [1.29, 1.82) is 0 Å². The Labute approximate surface area is 105 Å². The van der Waals surface area contributed by atoms with E-state index >= 15 is 0 Å². The largest absolute Gasteiger partial charge is 0.369 e. The van der Waals surface area contributed by atoms with Gasteiger partial charge in [0, 0.05) is 19.1 Å². The molecule has 0 radical (unpaired) electrons. The molecule has 0 atom stereocenters. The zero-order valence-corrected chi connectivity index (χ0v) is 10.4. The van der Waals surface area contributed by atoms with Gasteiger partial charge in [-0.25, -0.2) is 9.37 Å². The second kappa shape index (κ2) is 4.24. The third kappa shape index (κ3) is 1.95. The molecule has 0 saturated heterocycles. The Balaban J connectivity index is 1.86. The SMILES string of the molecule is CN(CCn1c(N)nc2c(F)cccc21)C1CC1. The fourth-order valence-corrected chi connectivity index (χ4v) is 2.32. The highest BCUT2D eigenvalue weighted by Gasteiger charge is 2.25. The van der Waals surface area contributed by atoms with Gasteiger partial charge in [0.25, 0.3) is 0 Å². The van der Waals surface area contributed by atoms with Crippen LogP contribution in [-0.2, 0) is 6.54 Å². The van der Waals surface area contributed by atoms with Crippen LogP contribution < -0.4 is 5.73 Å². The van der Waals surface area contributed by atoms with Gasteiger partial charge < -0.3 is 15.2 Å². The molecule has 0 bridgehead atoms. The molecule has 1 fully saturated rings. The van der Waals surface area contributed by atoms with Crippen molar-refractivity contribution in [2.45, 2.75) is 25.4 Å². The van der Waals surface area contributed by atoms with Gasteiger partial charge in [0.1, 0.15) is 5.52 Å². The van der Waals surface area contributed by atoms with E-state index in [1.165, 1.54) is 18.9 Å². The summed E-state index contributed by atoms with van der Waals surface area (Å²) in [6.07, 6.45) is 2.57. The molecule has 1 aromatic carbocycles. The number of halogens is 1. The Bertz CT molecular complexity index is 574. The number of aromatic nitrogens is 2. The van der Waals surface area contributed by atoms with Crippen LogP contribution in [0.4, 0.5) is 10.3 Å². The number of hydrogen-bond acceptors (Lipinski definition) is 3. The standard InChI is InChI=1S/C13H17FN4/c1-17(9-5-6-9)7-8-18-11-4-2-3-10(14)12(11)16-13(18)15/h2-4,9H,5-8H2,1H3,(H2,15,16). The number of imidazole rings is 1. The molecule has 2 aromatic rings. The minimum Gasteiger partial charge on any atom is -0.369 e. The van der Waals surface area contributed by atoms with Crippen molar-refractivity contribution >= 4 is 17.0 Å². The van der Waals surface area contributed by atoms with Crippen LogP contribution in [0.5, 0.6) is 0 Å². The highest BCUT2D eigenvalue weighted by molar-refractivity contribution is 5.78. The quantitative estimate of drug-likeness (QED) is 0.898. The maximum Gasteiger partial charge on any atom is 0.201 e. The van der Waals surface area contributed by atoms with Crippen LogP contribution in [0.15, 0.2) is 18.2 Å². The lowest BCUT2D eigenvalue weighted by Gasteiger charge is -2.16. The van der Waals surface area contributed by atoms with Crippen molar-refractivity contribution < 1.29 is 4.39 Å². The number of nitrogens with two attached hydrogens (primary N) is 1. The fourth-order valence-electron chi connectivity index (χ4n) is 2.32. The zero-order valence-electron chi connectivity index (χ0n) is 10.4. The van der Waals surface area contributed by atoms with E-state index in [1.807, 2.05) is 10.6 Å². The van der Waals surface area contributed by atoms with E-state index in [0.717, 1.165) is 24.6 Å². The zero-order chi connectivity index (χ0) is 12.7. The Kier molecular flexibility index (Phi) is 2.70. The molecule has 2 N–H and O–H groups in total. The van der Waals surface area contributed by atoms with Crippen molar-refractivity contribution in [2.75, 3.05) is 19.3 Å². The van der Waals surface area contributed by atoms with E-state index in [-0.39, 0.29) is 5.82 Å². The summed E-state index contributed by atoms with van der Waals surface area (Å²) in [5.74, 6) is 0.0767. The first-order chi connectivity index (χ1) is 8.66. The van der Waals surface area contributed by atoms with Crippen LogP contribution in [0.3, 0.4) is 0 Å². The van der Waals surface area contributed by atoms with Crippen LogP contribution in [0.25, 0.3) is 11.0 Å². The van der Waals surface area contributed by atoms with Crippen LogP contribution in [0.2, 0.25) is 0 Å². The maximum atomic E-state index is 13.6. The molecule has 1 aliphatic rings. The summed E-state index contributed by atoms with van der Waals surface area (Å²) < 4.78 is 15.5. The lowest BCUT2D eigenvalue weighted by Crippen LogP contribution is -2.25. The first-order valence-corrected chi connectivity index (χ1v) is 6.27. The molecule has 1 saturated carbocycles. The third-order valence-electron chi connectivity index (χ3n) is 3.61. The number of hydrogen-bond donors (Lipinski definition) is 1. The van der Waals surface area contributed by atoms with Gasteiger partial charge in [-0.1, -0.05) is 6.07 Å². The van der Waals surface area contributed by atoms with Gasteiger partial charge in [-0.3, -0.25) is 0 Å². The van der Waals surface area contributed by atoms with Crippen molar-refractivity contribution in [3.8, 4) is 0 Å². The molecule has 0 amide bonds. The maximum absolute atomic E-state index is 13.6. The Morgan fingerprint density at radius 3 is 3.00 bits per heavy atom. The highest BCUT2D eigenvalue weighted by Crippen LogP contribution is 2.26. The van der Waals surface area contributed by atoms with Crippen molar-refractivity contribution in [1.82, 2.24) is 14.5 Å². The molecule has 3 rings (SSSR count). The summed E-state index contributed by atoms with van der Waals surface area (Å²) in [6, 6.07) is 5.69. The van der Waals surface area contributed by atoms with Crippen molar-refractivity contribution in [2.24, 2.45) is 0 Å². The highest BCUT2D eigenvalue weighted by atomic mass is 19.1. The summed E-state index contributed by atoms with van der Waals surface area (Å²) in [4.78, 5) is 6.42. The minimum atomic E-state index is -0.312. The molecule has 1 aromatic heterocycles. The molecular weight excluding hydrogens is 231 g/mol. The van der Waals surface area contributed by atoms with Gasteiger partial charge in [0.2, 0.25) is 5.95 Å². The molecule has 1 aliphatic carbocycles. The molecule has 1 heterocycles. The van der Waals surface area contributed by atoms with E-state index < -0.39 is 0 Å². The fraction of sp³-hybridized carbons (Fsp3) is 0.462. The number of nitrogens with zero attached hydrogens (tertiary/aromatic N) is 3. The molecular formula is C13H17FN4. The van der Waals surface area contributed by atoms with Gasteiger partial charge in [-0.05, 0) is 32.0 Å². The summed E-state index contributed by atoms with van der Waals surface area (Å²) in [5.41, 5.74) is 7.01. The van der Waals surface area contributed by atoms with Gasteiger partial charge >= 0.3 is 0 Å². The van der Waals surface area contributed by atoms with E-state index in [1.54, 1.807) is 6.07 Å². The van der Waals surface area contributed by atoms with E-state index in [4.69, 9.17) is 5.73 Å². The Hall–Kier alpha value is -1.62. The summed E-state index contributed by atoms with van der Waals surface area (Å²) in [7, 11) is 2.12. The van der Waals surface area contributed by atoms with Crippen molar-refractivity contribution in [3.63, 3.8) is 0 Å². The molecule has 0 spiro atoms. The van der Waals surface area contributed by atoms with Gasteiger partial charge in [-0.15, -0.1) is 0 Å². The average Bonchev–Trinajstić information content (AvgIpc) is 3.13. The van der Waals surface area contributed by atoms with Gasteiger partial charge in [0.05, 0.1) is 5.52 Å². The third-order valence-corrected chi connectivity index (χ3v) is 3.61. The van der Waals surface area contributed by atoms with E-state index in [2.05, 4.69) is 16.9 Å². The molecule has 18 heavy (non-hydrogen) atoms. The summed E-state index contributed by atoms with van der Waals surface area (Å²) in [5, 5.41) is 0. The summed E-state index contributed by atoms with van der Waals surface area (Å²) in [6.45, 7) is 1.66. The van der Waals surface area contributed by atoms with Gasteiger partial charge in [-0.2, -0.15) is 0 Å². The number of nitrogen functional groups attached to an aromatic ring is 1. The average molecular weight is 248 g/mol. The van der Waals surface area contributed by atoms with Crippen LogP contribution >= 0.6 is 0 Å². The van der Waals surface area contributed by atoms with Crippen molar-refractivity contribution in [3.05, 3.63) is 24.0 Å². The molecule has 96 valence electrons. The number of para-hydroxylation sites is 1. The molecule has 0 aliphatic heterocycles. The summed E-state index contributed by atoms with van der Waals surface area (Å²) >= 11 is 0.